The zero-order valence-corrected chi connectivity index (χ0v) is 28.6. The molecular formula is C46H34N2S. The first-order valence-electron chi connectivity index (χ1n) is 17.0. The van der Waals surface area contributed by atoms with E-state index in [4.69, 9.17) is 0 Å². The Hall–Kier alpha value is -5.64. The van der Waals surface area contributed by atoms with Gasteiger partial charge in [-0.3, -0.25) is 0 Å². The lowest BCUT2D eigenvalue weighted by Gasteiger charge is -2.19. The molecule has 2 nitrogen and oxygen atoms in total. The van der Waals surface area contributed by atoms with Crippen molar-refractivity contribution in [2.24, 2.45) is 0 Å². The molecule has 0 aliphatic carbocycles. The van der Waals surface area contributed by atoms with Gasteiger partial charge >= 0.3 is 0 Å². The number of hydrogen-bond acceptors (Lipinski definition) is 1. The van der Waals surface area contributed by atoms with Crippen molar-refractivity contribution >= 4 is 75.1 Å². The summed E-state index contributed by atoms with van der Waals surface area (Å²) in [7, 11) is 0. The Balaban J connectivity index is 1.06. The molecular weight excluding hydrogens is 613 g/mol. The van der Waals surface area contributed by atoms with Crippen LogP contribution in [0.25, 0.3) is 86.3 Å². The Morgan fingerprint density at radius 2 is 0.898 bits per heavy atom. The van der Waals surface area contributed by atoms with Crippen LogP contribution in [0, 0.1) is 0 Å². The monoisotopic (exact) mass is 646 g/mol. The third-order valence-corrected chi connectivity index (χ3v) is 11.4. The standard InChI is InChI=1S/C46H34N2S/c1-46(2,3)31-20-25-42-37(26-31)34-10-4-7-13-40(34)47(42)32-21-16-29(17-22-32)30-18-23-33(24-19-30)48-41-14-8-5-11-35(41)38-28-45-39(27-43(38)48)36-12-6-9-15-44(36)49-45/h4-28H,1-3H3. The van der Waals surface area contributed by atoms with Gasteiger partial charge in [-0.1, -0.05) is 106 Å². The molecule has 0 saturated heterocycles. The third kappa shape index (κ3) is 4.32. The molecule has 3 heteroatoms. The Kier molecular flexibility index (Phi) is 6.04. The fourth-order valence-electron chi connectivity index (χ4n) is 7.79. The van der Waals surface area contributed by atoms with Crippen molar-refractivity contribution in [3.8, 4) is 22.5 Å². The molecule has 0 unspecified atom stereocenters. The van der Waals surface area contributed by atoms with Gasteiger partial charge in [0.1, 0.15) is 0 Å². The smallest absolute Gasteiger partial charge is 0.0548 e. The van der Waals surface area contributed by atoms with Crippen LogP contribution >= 0.6 is 11.3 Å². The van der Waals surface area contributed by atoms with E-state index in [1.54, 1.807) is 0 Å². The predicted octanol–water partition coefficient (Wildman–Crippen LogP) is 13.2. The number of aromatic nitrogens is 2. The van der Waals surface area contributed by atoms with Crippen LogP contribution in [0.1, 0.15) is 26.3 Å². The van der Waals surface area contributed by atoms with Crippen molar-refractivity contribution in [3.63, 3.8) is 0 Å². The fourth-order valence-corrected chi connectivity index (χ4v) is 8.92. The van der Waals surface area contributed by atoms with Crippen LogP contribution in [0.4, 0.5) is 0 Å². The highest BCUT2D eigenvalue weighted by atomic mass is 32.1. The maximum absolute atomic E-state index is 2.43. The SMILES string of the molecule is CC(C)(C)c1ccc2c(c1)c1ccccc1n2-c1ccc(-c2ccc(-n3c4ccccc4c4cc5sc6ccccc6c5cc43)cc2)cc1. The molecule has 10 aromatic rings. The summed E-state index contributed by atoms with van der Waals surface area (Å²) in [6.07, 6.45) is 0. The number of thiophene rings is 1. The van der Waals surface area contributed by atoms with Gasteiger partial charge in [-0.15, -0.1) is 11.3 Å². The number of fused-ring (bicyclic) bond motifs is 9. The van der Waals surface area contributed by atoms with Gasteiger partial charge in [0.05, 0.1) is 22.1 Å². The van der Waals surface area contributed by atoms with Crippen LogP contribution in [0.5, 0.6) is 0 Å². The van der Waals surface area contributed by atoms with E-state index in [0.717, 1.165) is 0 Å². The first-order chi connectivity index (χ1) is 23.9. The lowest BCUT2D eigenvalue weighted by molar-refractivity contribution is 0.591. The van der Waals surface area contributed by atoms with Crippen LogP contribution in [-0.4, -0.2) is 9.13 Å². The van der Waals surface area contributed by atoms with Crippen molar-refractivity contribution in [2.45, 2.75) is 26.2 Å². The Morgan fingerprint density at radius 1 is 0.388 bits per heavy atom. The van der Waals surface area contributed by atoms with E-state index in [2.05, 4.69) is 182 Å². The summed E-state index contributed by atoms with van der Waals surface area (Å²) in [4.78, 5) is 0. The van der Waals surface area contributed by atoms with Gasteiger partial charge < -0.3 is 9.13 Å². The van der Waals surface area contributed by atoms with Gasteiger partial charge in [0.2, 0.25) is 0 Å². The van der Waals surface area contributed by atoms with Gasteiger partial charge in [-0.25, -0.2) is 0 Å². The van der Waals surface area contributed by atoms with Crippen molar-refractivity contribution in [2.75, 3.05) is 0 Å². The summed E-state index contributed by atoms with van der Waals surface area (Å²) in [5.41, 5.74) is 11.2. The number of para-hydroxylation sites is 2. The van der Waals surface area contributed by atoms with Gasteiger partial charge in [-0.05, 0) is 88.8 Å². The second-order valence-electron chi connectivity index (χ2n) is 14.2. The molecule has 3 aromatic heterocycles. The minimum atomic E-state index is 0.0988. The highest BCUT2D eigenvalue weighted by Gasteiger charge is 2.19. The lowest BCUT2D eigenvalue weighted by Crippen LogP contribution is -2.10. The minimum Gasteiger partial charge on any atom is -0.309 e. The summed E-state index contributed by atoms with van der Waals surface area (Å²) in [5.74, 6) is 0. The van der Waals surface area contributed by atoms with Crippen LogP contribution in [-0.2, 0) is 5.41 Å². The average molecular weight is 647 g/mol. The first-order valence-corrected chi connectivity index (χ1v) is 17.8. The number of nitrogens with zero attached hydrogens (tertiary/aromatic N) is 2. The van der Waals surface area contributed by atoms with Crippen molar-refractivity contribution in [3.05, 3.63) is 157 Å². The van der Waals surface area contributed by atoms with E-state index < -0.39 is 0 Å². The Labute approximate surface area is 289 Å². The van der Waals surface area contributed by atoms with Crippen LogP contribution in [0.3, 0.4) is 0 Å². The second kappa shape index (κ2) is 10.4. The highest BCUT2D eigenvalue weighted by Crippen LogP contribution is 2.41. The van der Waals surface area contributed by atoms with E-state index in [-0.39, 0.29) is 5.41 Å². The van der Waals surface area contributed by atoms with E-state index in [9.17, 15) is 0 Å². The van der Waals surface area contributed by atoms with Crippen LogP contribution in [0.15, 0.2) is 152 Å². The normalized spacial score (nSPS) is 12.4. The zero-order chi connectivity index (χ0) is 32.9. The molecule has 0 radical (unpaired) electrons. The molecule has 49 heavy (non-hydrogen) atoms. The maximum Gasteiger partial charge on any atom is 0.0548 e. The van der Waals surface area contributed by atoms with E-state index in [0.29, 0.717) is 0 Å². The molecule has 0 aliphatic heterocycles. The summed E-state index contributed by atoms with van der Waals surface area (Å²) in [6.45, 7) is 6.85. The minimum absolute atomic E-state index is 0.0988. The third-order valence-electron chi connectivity index (χ3n) is 10.3. The Bertz CT molecular complexity index is 2890. The Morgan fingerprint density at radius 3 is 1.51 bits per heavy atom. The van der Waals surface area contributed by atoms with Crippen molar-refractivity contribution < 1.29 is 0 Å². The van der Waals surface area contributed by atoms with Gasteiger partial charge in [0.25, 0.3) is 0 Å². The van der Waals surface area contributed by atoms with E-state index >= 15 is 0 Å². The van der Waals surface area contributed by atoms with Gasteiger partial charge in [0.15, 0.2) is 0 Å². The van der Waals surface area contributed by atoms with E-state index in [1.165, 1.54) is 91.8 Å². The summed E-state index contributed by atoms with van der Waals surface area (Å²) < 4.78 is 7.51. The molecule has 0 spiro atoms. The van der Waals surface area contributed by atoms with Crippen molar-refractivity contribution in [1.29, 1.82) is 0 Å². The van der Waals surface area contributed by atoms with Crippen LogP contribution in [0.2, 0.25) is 0 Å². The summed E-state index contributed by atoms with van der Waals surface area (Å²) in [5, 5.41) is 7.84. The quantitative estimate of drug-likeness (QED) is 0.181. The summed E-state index contributed by atoms with van der Waals surface area (Å²) in [6, 6.07) is 56.2. The molecule has 10 rings (SSSR count). The molecule has 0 saturated carbocycles. The largest absolute Gasteiger partial charge is 0.309 e. The number of rotatable bonds is 3. The number of hydrogen-bond donors (Lipinski definition) is 0. The van der Waals surface area contributed by atoms with Crippen molar-refractivity contribution in [1.82, 2.24) is 9.13 Å². The fraction of sp³-hybridized carbons (Fsp3) is 0.0870. The average Bonchev–Trinajstić information content (AvgIpc) is 3.77. The topological polar surface area (TPSA) is 9.86 Å². The van der Waals surface area contributed by atoms with Gasteiger partial charge in [-0.2, -0.15) is 0 Å². The predicted molar refractivity (Wildman–Crippen MR) is 212 cm³/mol. The van der Waals surface area contributed by atoms with Crippen LogP contribution < -0.4 is 0 Å². The zero-order valence-electron chi connectivity index (χ0n) is 27.7. The lowest BCUT2D eigenvalue weighted by atomic mass is 9.86. The molecule has 7 aromatic carbocycles. The molecule has 0 bridgehead atoms. The first kappa shape index (κ1) is 28.4. The second-order valence-corrected chi connectivity index (χ2v) is 15.3. The molecule has 0 amide bonds. The highest BCUT2D eigenvalue weighted by molar-refractivity contribution is 7.25. The van der Waals surface area contributed by atoms with Gasteiger partial charge in [0, 0.05) is 53.1 Å². The number of benzene rings is 7. The van der Waals surface area contributed by atoms with E-state index in [1.807, 2.05) is 11.3 Å². The molecule has 0 aliphatic rings. The molecule has 0 N–H and O–H groups in total. The molecule has 234 valence electrons. The molecule has 0 fully saturated rings. The maximum atomic E-state index is 2.43. The molecule has 0 atom stereocenters. The summed E-state index contributed by atoms with van der Waals surface area (Å²) >= 11 is 1.88. The molecule has 3 heterocycles.